The van der Waals surface area contributed by atoms with E-state index in [1.165, 1.54) is 24.3 Å². The van der Waals surface area contributed by atoms with Crippen LogP contribution >= 0.6 is 0 Å². The summed E-state index contributed by atoms with van der Waals surface area (Å²) in [5.41, 5.74) is 0.824. The normalized spacial score (nSPS) is 13.3. The topological polar surface area (TPSA) is 179 Å². The number of halogens is 3. The quantitative estimate of drug-likeness (QED) is 0.0938. The van der Waals surface area contributed by atoms with Gasteiger partial charge in [-0.25, -0.2) is 27.5 Å². The third-order valence-electron chi connectivity index (χ3n) is 7.34. The van der Waals surface area contributed by atoms with Gasteiger partial charge in [-0.2, -0.15) is 18.3 Å². The summed E-state index contributed by atoms with van der Waals surface area (Å²) in [5, 5.41) is 20.4. The molecule has 1 N–H and O–H groups in total. The number of aryl methyl sites for hydroxylation is 1. The average Bonchev–Trinajstić information content (AvgIpc) is 3.64. The minimum absolute atomic E-state index is 0.0131. The number of imide groups is 1. The molecule has 0 saturated carbocycles. The number of amides is 3. The molecular weight excluding hydrogens is 687 g/mol. The van der Waals surface area contributed by atoms with Gasteiger partial charge in [-0.05, 0) is 56.3 Å². The monoisotopic (exact) mass is 715 g/mol. The first-order chi connectivity index (χ1) is 23.7. The van der Waals surface area contributed by atoms with Gasteiger partial charge in [0.25, 0.3) is 21.8 Å². The standard InChI is InChI=1S/C31H28F3N7O8S/c1-3-38(41(45)37-49-19-39-28(42)24-6-4-5-7-25(24)29(39)43)16-17-48-30(44)36-50(46,47)23-14-12-22(13-15-23)40-26(18-27(35-40)31(32,33)34)21-10-8-20(2)9-11-21/h4-15,18H,3,16-17,19H2,1-2H3,(H,36,44)/b41-37-. The molecule has 15 nitrogen and oxygen atoms in total. The number of aromatic nitrogens is 2. The number of hydrogen-bond acceptors (Lipinski definition) is 10. The minimum atomic E-state index is -4.73. The van der Waals surface area contributed by atoms with Crippen LogP contribution in [0.4, 0.5) is 18.0 Å². The number of nitrogens with one attached hydrogen (secondary N) is 1. The summed E-state index contributed by atoms with van der Waals surface area (Å²) in [5.74, 6) is -1.22. The Hall–Kier alpha value is -5.98. The van der Waals surface area contributed by atoms with Crippen molar-refractivity contribution in [3.63, 3.8) is 0 Å². The fourth-order valence-electron chi connectivity index (χ4n) is 4.76. The van der Waals surface area contributed by atoms with E-state index in [1.807, 2.05) is 6.92 Å². The number of sulfonamides is 1. The molecule has 1 aliphatic heterocycles. The van der Waals surface area contributed by atoms with Gasteiger partial charge in [0.15, 0.2) is 5.69 Å². The molecule has 1 aromatic heterocycles. The van der Waals surface area contributed by atoms with Gasteiger partial charge in [0, 0.05) is 5.56 Å². The van der Waals surface area contributed by atoms with Crippen molar-refractivity contribution in [2.75, 3.05) is 26.4 Å². The van der Waals surface area contributed by atoms with Crippen LogP contribution in [0.2, 0.25) is 0 Å². The number of fused-ring (bicyclic) bond motifs is 1. The summed E-state index contributed by atoms with van der Waals surface area (Å²) in [6, 6.07) is 18.4. The van der Waals surface area contributed by atoms with Crippen molar-refractivity contribution >= 4 is 27.9 Å². The zero-order valence-corrected chi connectivity index (χ0v) is 27.1. The maximum atomic E-state index is 13.5. The zero-order chi connectivity index (χ0) is 36.2. The van der Waals surface area contributed by atoms with Crippen LogP contribution in [0.15, 0.2) is 89.0 Å². The van der Waals surface area contributed by atoms with Crippen LogP contribution in [0.25, 0.3) is 16.9 Å². The van der Waals surface area contributed by atoms with Crippen molar-refractivity contribution in [1.29, 1.82) is 0 Å². The lowest BCUT2D eigenvalue weighted by atomic mass is 10.1. The van der Waals surface area contributed by atoms with E-state index in [-0.39, 0.29) is 40.6 Å². The predicted molar refractivity (Wildman–Crippen MR) is 167 cm³/mol. The highest BCUT2D eigenvalue weighted by atomic mass is 32.2. The summed E-state index contributed by atoms with van der Waals surface area (Å²) in [7, 11) is -4.48. The van der Waals surface area contributed by atoms with Crippen LogP contribution in [0.5, 0.6) is 0 Å². The van der Waals surface area contributed by atoms with Gasteiger partial charge in [0.1, 0.15) is 13.2 Å². The van der Waals surface area contributed by atoms with Crippen LogP contribution in [-0.2, 0) is 25.8 Å². The number of hydrazine groups is 1. The van der Waals surface area contributed by atoms with E-state index in [4.69, 9.17) is 9.57 Å². The molecule has 2 heterocycles. The van der Waals surface area contributed by atoms with Crippen molar-refractivity contribution in [3.8, 4) is 16.9 Å². The van der Waals surface area contributed by atoms with Gasteiger partial charge < -0.3 is 14.8 Å². The molecule has 0 spiro atoms. The molecule has 19 heteroatoms. The van der Waals surface area contributed by atoms with E-state index >= 15 is 0 Å². The second-order valence-electron chi connectivity index (χ2n) is 10.6. The molecule has 4 aromatic rings. The number of rotatable bonds is 12. The van der Waals surface area contributed by atoms with Crippen molar-refractivity contribution in [2.24, 2.45) is 5.28 Å². The molecule has 3 amide bonds. The summed E-state index contributed by atoms with van der Waals surface area (Å²) >= 11 is 0. The molecule has 262 valence electrons. The Morgan fingerprint density at radius 1 is 1.02 bits per heavy atom. The Balaban J connectivity index is 1.16. The number of carbonyl (C=O) groups excluding carboxylic acids is 3. The summed E-state index contributed by atoms with van der Waals surface area (Å²) < 4.78 is 73.8. The lowest BCUT2D eigenvalue weighted by Gasteiger charge is -2.17. The summed E-state index contributed by atoms with van der Waals surface area (Å²) in [6.45, 7) is 2.08. The second-order valence-corrected chi connectivity index (χ2v) is 12.3. The molecule has 0 radical (unpaired) electrons. The van der Waals surface area contributed by atoms with Crippen LogP contribution in [0.1, 0.15) is 38.9 Å². The lowest BCUT2D eigenvalue weighted by molar-refractivity contribution is -0.711. The fourth-order valence-corrected chi connectivity index (χ4v) is 5.65. The number of nitrogens with zero attached hydrogens (tertiary/aromatic N) is 6. The molecule has 5 rings (SSSR count). The Kier molecular flexibility index (Phi) is 10.1. The molecule has 3 aromatic carbocycles. The molecule has 0 aliphatic carbocycles. The third kappa shape index (κ3) is 7.67. The van der Waals surface area contributed by atoms with Gasteiger partial charge in [-0.1, -0.05) is 42.0 Å². The third-order valence-corrected chi connectivity index (χ3v) is 8.67. The zero-order valence-electron chi connectivity index (χ0n) is 26.3. The number of likely N-dealkylation sites (N-methyl/N-ethyl adjacent to an activating group) is 1. The van der Waals surface area contributed by atoms with Gasteiger partial charge in [-0.15, -0.1) is 5.01 Å². The molecule has 0 atom stereocenters. The van der Waals surface area contributed by atoms with Crippen LogP contribution in [0, 0.1) is 12.1 Å². The maximum absolute atomic E-state index is 13.5. The number of hydrogen-bond donors (Lipinski definition) is 1. The van der Waals surface area contributed by atoms with Crippen LogP contribution in [0.3, 0.4) is 0 Å². The van der Waals surface area contributed by atoms with E-state index in [2.05, 4.69) is 10.4 Å². The first-order valence-electron chi connectivity index (χ1n) is 14.7. The number of alkyl halides is 3. The van der Waals surface area contributed by atoms with Crippen molar-refractivity contribution in [3.05, 3.63) is 106 Å². The Labute approximate surface area is 282 Å². The highest BCUT2D eigenvalue weighted by Gasteiger charge is 2.36. The predicted octanol–water partition coefficient (Wildman–Crippen LogP) is 4.67. The van der Waals surface area contributed by atoms with Gasteiger partial charge >= 0.3 is 12.3 Å². The second kappa shape index (κ2) is 14.2. The van der Waals surface area contributed by atoms with E-state index in [9.17, 15) is 41.2 Å². The summed E-state index contributed by atoms with van der Waals surface area (Å²) in [6.07, 6.45) is -6.10. The van der Waals surface area contributed by atoms with E-state index in [1.54, 1.807) is 48.0 Å². The number of carbonyl (C=O) groups is 3. The van der Waals surface area contributed by atoms with Crippen molar-refractivity contribution in [1.82, 2.24) is 24.4 Å². The first-order valence-corrected chi connectivity index (χ1v) is 16.2. The number of benzene rings is 3. The molecule has 0 unspecified atom stereocenters. The molecule has 0 fully saturated rings. The highest BCUT2D eigenvalue weighted by Crippen LogP contribution is 2.33. The van der Waals surface area contributed by atoms with Crippen LogP contribution in [-0.4, -0.2) is 77.4 Å². The highest BCUT2D eigenvalue weighted by molar-refractivity contribution is 7.90. The fraction of sp³-hybridized carbons (Fsp3) is 0.226. The van der Waals surface area contributed by atoms with E-state index in [0.29, 0.717) is 5.56 Å². The van der Waals surface area contributed by atoms with Crippen LogP contribution < -0.4 is 4.72 Å². The lowest BCUT2D eigenvalue weighted by Crippen LogP contribution is -2.37. The molecule has 0 bridgehead atoms. The molecule has 1 aliphatic rings. The molecule has 50 heavy (non-hydrogen) atoms. The minimum Gasteiger partial charge on any atom is -0.569 e. The smallest absolute Gasteiger partial charge is 0.435 e. The Morgan fingerprint density at radius 3 is 2.22 bits per heavy atom. The van der Waals surface area contributed by atoms with E-state index < -0.39 is 58.0 Å². The average molecular weight is 716 g/mol. The van der Waals surface area contributed by atoms with E-state index in [0.717, 1.165) is 38.4 Å². The maximum Gasteiger partial charge on any atom is 0.435 e. The summed E-state index contributed by atoms with van der Waals surface area (Å²) in [4.78, 5) is 42.3. The van der Waals surface area contributed by atoms with Gasteiger partial charge in [0.2, 0.25) is 12.0 Å². The largest absolute Gasteiger partial charge is 0.569 e. The van der Waals surface area contributed by atoms with Crippen molar-refractivity contribution in [2.45, 2.75) is 24.9 Å². The van der Waals surface area contributed by atoms with Crippen molar-refractivity contribution < 1.29 is 50.5 Å². The van der Waals surface area contributed by atoms with Gasteiger partial charge in [0.05, 0.1) is 38.9 Å². The Morgan fingerprint density at radius 2 is 1.64 bits per heavy atom. The number of ether oxygens (including phenoxy) is 1. The SMILES string of the molecule is CCN(CCOC(=O)NS(=O)(=O)c1ccc(-n2nc(C(F)(F)F)cc2-c2ccc(C)cc2)cc1)/[N+]([O-])=N/OCN1C(=O)c2ccccc2C1=O. The molecule has 0 saturated heterocycles. The Bertz CT molecular complexity index is 2020. The molecular formula is C31H28F3N7O8S. The van der Waals surface area contributed by atoms with Gasteiger partial charge in [-0.3, -0.25) is 9.59 Å². The first kappa shape index (κ1) is 35.3.